The maximum Gasteiger partial charge on any atom is 0.408 e. The molecule has 2 heterocycles. The monoisotopic (exact) mass is 576 g/mol. The zero-order chi connectivity index (χ0) is 30.4. The van der Waals surface area contributed by atoms with Gasteiger partial charge >= 0.3 is 6.09 Å². The van der Waals surface area contributed by atoms with Crippen molar-refractivity contribution >= 4 is 34.5 Å². The average Bonchev–Trinajstić information content (AvgIpc) is 3.38. The zero-order valence-electron chi connectivity index (χ0n) is 24.2. The SMILES string of the molecule is COc1ccc2c(O[C@@H]3C[C@@H](C(N)=O)N(C(=O)[C@H](CCC(=O)c4ccccc4)NC(=O)OC(C)(C)C)C3)nccc2c1. The van der Waals surface area contributed by atoms with Crippen molar-refractivity contribution in [3.8, 4) is 11.6 Å². The number of aromatic nitrogens is 1. The molecule has 2 aromatic carbocycles. The third-order valence-corrected chi connectivity index (χ3v) is 6.83. The van der Waals surface area contributed by atoms with Crippen LogP contribution in [0.1, 0.15) is 50.4 Å². The van der Waals surface area contributed by atoms with Crippen molar-refractivity contribution in [1.82, 2.24) is 15.2 Å². The van der Waals surface area contributed by atoms with Gasteiger partial charge in [-0.15, -0.1) is 0 Å². The topological polar surface area (TPSA) is 150 Å². The Hall–Kier alpha value is -4.67. The molecule has 3 amide bonds. The fourth-order valence-electron chi connectivity index (χ4n) is 4.85. The molecule has 11 nitrogen and oxygen atoms in total. The van der Waals surface area contributed by atoms with E-state index in [1.807, 2.05) is 18.2 Å². The number of nitrogens with two attached hydrogens (primary N) is 1. The first-order valence-corrected chi connectivity index (χ1v) is 13.7. The van der Waals surface area contributed by atoms with E-state index >= 15 is 0 Å². The summed E-state index contributed by atoms with van der Waals surface area (Å²) in [6.45, 7) is 5.13. The van der Waals surface area contributed by atoms with Gasteiger partial charge in [-0.25, -0.2) is 9.78 Å². The number of carbonyl (C=O) groups is 4. The van der Waals surface area contributed by atoms with Crippen LogP contribution in [0.5, 0.6) is 11.6 Å². The number of nitrogens with zero attached hydrogens (tertiary/aromatic N) is 2. The molecule has 11 heteroatoms. The molecule has 0 aliphatic carbocycles. The number of alkyl carbamates (subject to hydrolysis) is 1. The average molecular weight is 577 g/mol. The van der Waals surface area contributed by atoms with Gasteiger partial charge in [0.05, 0.1) is 13.7 Å². The van der Waals surface area contributed by atoms with Crippen LogP contribution in [-0.4, -0.2) is 71.0 Å². The maximum absolute atomic E-state index is 13.8. The van der Waals surface area contributed by atoms with Crippen molar-refractivity contribution in [3.63, 3.8) is 0 Å². The Morgan fingerprint density at radius 2 is 1.83 bits per heavy atom. The van der Waals surface area contributed by atoms with Crippen LogP contribution in [0, 0.1) is 0 Å². The maximum atomic E-state index is 13.8. The van der Waals surface area contributed by atoms with E-state index in [2.05, 4.69) is 10.3 Å². The Labute approximate surface area is 244 Å². The summed E-state index contributed by atoms with van der Waals surface area (Å²) in [5.41, 5.74) is 5.38. The lowest BCUT2D eigenvalue weighted by molar-refractivity contribution is -0.139. The molecule has 0 saturated carbocycles. The molecule has 42 heavy (non-hydrogen) atoms. The summed E-state index contributed by atoms with van der Waals surface area (Å²) in [6, 6.07) is 13.8. The minimum atomic E-state index is -1.14. The second-order valence-electron chi connectivity index (χ2n) is 11.1. The number of rotatable bonds is 10. The third-order valence-electron chi connectivity index (χ3n) is 6.83. The van der Waals surface area contributed by atoms with Crippen LogP contribution in [0.25, 0.3) is 10.8 Å². The Kier molecular flexibility index (Phi) is 9.29. The van der Waals surface area contributed by atoms with Crippen molar-refractivity contribution in [2.45, 2.75) is 63.8 Å². The number of methoxy groups -OCH3 is 1. The van der Waals surface area contributed by atoms with Crippen molar-refractivity contribution in [3.05, 3.63) is 66.4 Å². The lowest BCUT2D eigenvalue weighted by Crippen LogP contribution is -2.53. The second kappa shape index (κ2) is 12.9. The van der Waals surface area contributed by atoms with Gasteiger partial charge in [-0.1, -0.05) is 30.3 Å². The van der Waals surface area contributed by atoms with Crippen molar-refractivity contribution in [1.29, 1.82) is 0 Å². The molecule has 1 aliphatic heterocycles. The van der Waals surface area contributed by atoms with E-state index in [1.54, 1.807) is 70.5 Å². The van der Waals surface area contributed by atoms with Gasteiger partial charge in [0.1, 0.15) is 29.5 Å². The molecule has 0 unspecified atom stereocenters. The summed E-state index contributed by atoms with van der Waals surface area (Å²) in [5, 5.41) is 4.18. The van der Waals surface area contributed by atoms with E-state index in [0.717, 1.165) is 10.8 Å². The summed E-state index contributed by atoms with van der Waals surface area (Å²) in [5.74, 6) is -0.435. The van der Waals surface area contributed by atoms with Crippen LogP contribution >= 0.6 is 0 Å². The van der Waals surface area contributed by atoms with E-state index in [-0.39, 0.29) is 31.6 Å². The number of ketones is 1. The minimum Gasteiger partial charge on any atom is -0.497 e. The molecule has 1 fully saturated rings. The molecule has 0 spiro atoms. The number of hydrogen-bond acceptors (Lipinski definition) is 8. The first-order valence-electron chi connectivity index (χ1n) is 13.7. The molecule has 4 rings (SSSR count). The third kappa shape index (κ3) is 7.54. The van der Waals surface area contributed by atoms with Crippen molar-refractivity contribution in [2.24, 2.45) is 5.73 Å². The summed E-state index contributed by atoms with van der Waals surface area (Å²) >= 11 is 0. The number of ether oxygens (including phenoxy) is 3. The highest BCUT2D eigenvalue weighted by atomic mass is 16.6. The Bertz CT molecular complexity index is 1450. The summed E-state index contributed by atoms with van der Waals surface area (Å²) in [4.78, 5) is 57.4. The first-order chi connectivity index (χ1) is 19.9. The molecule has 3 atom stereocenters. The Balaban J connectivity index is 1.53. The molecular formula is C31H36N4O7. The lowest BCUT2D eigenvalue weighted by atomic mass is 10.0. The number of carbonyl (C=O) groups excluding carboxylic acids is 4. The van der Waals surface area contributed by atoms with Crippen LogP contribution in [0.4, 0.5) is 4.79 Å². The van der Waals surface area contributed by atoms with Gasteiger partial charge in [0, 0.05) is 30.0 Å². The van der Waals surface area contributed by atoms with Gasteiger partial charge < -0.3 is 30.2 Å². The number of Topliss-reactive ketones (excluding diaryl/α,β-unsaturated/α-hetero) is 1. The van der Waals surface area contributed by atoms with Gasteiger partial charge in [0.2, 0.25) is 17.7 Å². The normalized spacial score (nSPS) is 17.4. The number of fused-ring (bicyclic) bond motifs is 1. The van der Waals surface area contributed by atoms with Gasteiger partial charge in [-0.2, -0.15) is 0 Å². The first kappa shape index (κ1) is 30.3. The fraction of sp³-hybridized carbons (Fsp3) is 0.387. The van der Waals surface area contributed by atoms with E-state index in [1.165, 1.54) is 4.90 Å². The van der Waals surface area contributed by atoms with Crippen LogP contribution in [-0.2, 0) is 14.3 Å². The number of primary amides is 1. The summed E-state index contributed by atoms with van der Waals surface area (Å²) in [7, 11) is 1.58. The molecule has 3 N–H and O–H groups in total. The number of pyridine rings is 1. The Morgan fingerprint density at radius 1 is 1.10 bits per heavy atom. The highest BCUT2D eigenvalue weighted by Gasteiger charge is 2.42. The number of benzene rings is 2. The fourth-order valence-corrected chi connectivity index (χ4v) is 4.85. The van der Waals surface area contributed by atoms with Crippen LogP contribution < -0.4 is 20.5 Å². The number of nitrogens with one attached hydrogen (secondary N) is 1. The molecule has 1 aliphatic rings. The minimum absolute atomic E-state index is 0.00792. The summed E-state index contributed by atoms with van der Waals surface area (Å²) in [6.07, 6.45) is 0.300. The molecule has 222 valence electrons. The van der Waals surface area contributed by atoms with Crippen LogP contribution in [0.2, 0.25) is 0 Å². The van der Waals surface area contributed by atoms with Crippen LogP contribution in [0.15, 0.2) is 60.8 Å². The summed E-state index contributed by atoms with van der Waals surface area (Å²) < 4.78 is 16.8. The van der Waals surface area contributed by atoms with Crippen molar-refractivity contribution in [2.75, 3.05) is 13.7 Å². The predicted octanol–water partition coefficient (Wildman–Crippen LogP) is 3.63. The lowest BCUT2D eigenvalue weighted by Gasteiger charge is -2.28. The van der Waals surface area contributed by atoms with Gasteiger partial charge in [-0.3, -0.25) is 14.4 Å². The molecule has 0 radical (unpaired) electrons. The zero-order valence-corrected chi connectivity index (χ0v) is 24.2. The molecule has 0 bridgehead atoms. The highest BCUT2D eigenvalue weighted by Crippen LogP contribution is 2.30. The predicted molar refractivity (Wildman–Crippen MR) is 155 cm³/mol. The largest absolute Gasteiger partial charge is 0.497 e. The quantitative estimate of drug-likeness (QED) is 0.348. The number of likely N-dealkylation sites (tertiary alicyclic amines) is 1. The molecule has 1 aromatic heterocycles. The molecular weight excluding hydrogens is 540 g/mol. The van der Waals surface area contributed by atoms with E-state index < -0.39 is 41.7 Å². The van der Waals surface area contributed by atoms with E-state index in [4.69, 9.17) is 19.9 Å². The standard InChI is InChI=1S/C31H36N4O7/c1-31(2,3)42-30(39)34-24(12-13-26(36)19-8-6-5-7-9-19)29(38)35-18-22(17-25(35)27(32)37)41-28-23-11-10-21(40-4)16-20(23)14-15-33-28/h5-11,14-16,22,24-25H,12-13,17-18H2,1-4H3,(H2,32,37)(H,34,39)/t22-,24+,25+/m1/s1. The number of amides is 3. The van der Waals surface area contributed by atoms with Gasteiger partial charge in [-0.05, 0) is 56.8 Å². The van der Waals surface area contributed by atoms with Crippen molar-refractivity contribution < 1.29 is 33.4 Å². The van der Waals surface area contributed by atoms with Gasteiger partial charge in [0.25, 0.3) is 0 Å². The molecule has 1 saturated heterocycles. The van der Waals surface area contributed by atoms with Crippen LogP contribution in [0.3, 0.4) is 0 Å². The van der Waals surface area contributed by atoms with E-state index in [0.29, 0.717) is 17.2 Å². The highest BCUT2D eigenvalue weighted by molar-refractivity contribution is 5.97. The number of hydrogen-bond donors (Lipinski definition) is 2. The van der Waals surface area contributed by atoms with Gasteiger partial charge in [0.15, 0.2) is 5.78 Å². The smallest absolute Gasteiger partial charge is 0.408 e. The second-order valence-corrected chi connectivity index (χ2v) is 11.1. The Morgan fingerprint density at radius 3 is 2.50 bits per heavy atom. The van der Waals surface area contributed by atoms with E-state index in [9.17, 15) is 19.2 Å². The molecule has 3 aromatic rings.